The summed E-state index contributed by atoms with van der Waals surface area (Å²) in [5, 5.41) is 21.9. The van der Waals surface area contributed by atoms with Crippen molar-refractivity contribution in [3.05, 3.63) is 59.7 Å². The Morgan fingerprint density at radius 2 is 0.711 bits per heavy atom. The summed E-state index contributed by atoms with van der Waals surface area (Å²) < 4.78 is 0. The van der Waals surface area contributed by atoms with E-state index in [-0.39, 0.29) is 23.0 Å². The summed E-state index contributed by atoms with van der Waals surface area (Å²) in [6.45, 7) is 0. The van der Waals surface area contributed by atoms with Crippen LogP contribution in [-0.4, -0.2) is 10.2 Å². The average molecular weight is 515 g/mol. The fraction of sp³-hybridized carbons (Fsp3) is 0.647. The number of hydrogen-bond donors (Lipinski definition) is 4. The molecule has 8 saturated carbocycles. The Bertz CT molecular complexity index is 978. The lowest BCUT2D eigenvalue weighted by Crippen LogP contribution is -2.48. The third kappa shape index (κ3) is 4.36. The van der Waals surface area contributed by atoms with Gasteiger partial charge in [0, 0.05) is 22.2 Å². The van der Waals surface area contributed by atoms with Gasteiger partial charge in [0.25, 0.3) is 0 Å². The second-order valence-corrected chi connectivity index (χ2v) is 14.7. The summed E-state index contributed by atoms with van der Waals surface area (Å²) >= 11 is 0. The predicted octanol–water partition coefficient (Wildman–Crippen LogP) is 7.04. The van der Waals surface area contributed by atoms with Crippen molar-refractivity contribution < 1.29 is 10.2 Å². The first-order valence-electron chi connectivity index (χ1n) is 15.4. The van der Waals surface area contributed by atoms with Crippen LogP contribution in [-0.2, 0) is 0 Å². The molecular formula is C34H46N2O2. The number of nitrogens with two attached hydrogens (primary N) is 2. The van der Waals surface area contributed by atoms with Crippen molar-refractivity contribution in [3.63, 3.8) is 0 Å². The quantitative estimate of drug-likeness (QED) is 0.329. The summed E-state index contributed by atoms with van der Waals surface area (Å²) in [4.78, 5) is 0. The van der Waals surface area contributed by atoms with E-state index in [0.29, 0.717) is 0 Å². The number of benzene rings is 2. The molecule has 2 atom stereocenters. The first kappa shape index (κ1) is 25.0. The molecule has 0 amide bonds. The van der Waals surface area contributed by atoms with E-state index in [1.54, 1.807) is 0 Å². The topological polar surface area (TPSA) is 92.5 Å². The molecule has 4 nitrogen and oxygen atoms in total. The zero-order valence-electron chi connectivity index (χ0n) is 22.8. The van der Waals surface area contributed by atoms with Gasteiger partial charge in [-0.2, -0.15) is 0 Å². The largest absolute Gasteiger partial charge is 0.399 e. The van der Waals surface area contributed by atoms with Crippen LogP contribution >= 0.6 is 0 Å². The fourth-order valence-corrected chi connectivity index (χ4v) is 11.1. The Kier molecular flexibility index (Phi) is 6.09. The lowest BCUT2D eigenvalue weighted by atomic mass is 9.47. The molecule has 0 heterocycles. The first-order valence-corrected chi connectivity index (χ1v) is 15.4. The monoisotopic (exact) mass is 514 g/mol. The van der Waals surface area contributed by atoms with Crippen LogP contribution in [0.15, 0.2) is 48.5 Å². The van der Waals surface area contributed by atoms with Crippen molar-refractivity contribution in [1.29, 1.82) is 0 Å². The van der Waals surface area contributed by atoms with Crippen molar-refractivity contribution in [2.24, 2.45) is 46.3 Å². The SMILES string of the molecule is Nc1ccc([C@@H](O)C23CC4CC(CC(C4)C2)C3)cc1.Nc1ccc([C@H](O)C23CC4CC(CC(C4)C2)C3)cc1. The van der Waals surface area contributed by atoms with E-state index < -0.39 is 0 Å². The maximum atomic E-state index is 10.9. The lowest BCUT2D eigenvalue weighted by molar-refractivity contribution is -0.122. The molecule has 8 aliphatic carbocycles. The van der Waals surface area contributed by atoms with E-state index in [1.165, 1.54) is 77.0 Å². The molecule has 2 aromatic rings. The zero-order chi connectivity index (χ0) is 26.1. The molecule has 0 aromatic heterocycles. The highest BCUT2D eigenvalue weighted by atomic mass is 16.3. The van der Waals surface area contributed by atoms with Crippen LogP contribution in [0.2, 0.25) is 0 Å². The van der Waals surface area contributed by atoms with Gasteiger partial charge in [0.15, 0.2) is 0 Å². The van der Waals surface area contributed by atoms with Crippen LogP contribution in [0.3, 0.4) is 0 Å². The number of anilines is 2. The number of aliphatic hydroxyl groups is 2. The minimum absolute atomic E-state index is 0.171. The molecule has 8 fully saturated rings. The van der Waals surface area contributed by atoms with E-state index in [4.69, 9.17) is 11.5 Å². The van der Waals surface area contributed by atoms with Gasteiger partial charge in [-0.3, -0.25) is 0 Å². The molecule has 38 heavy (non-hydrogen) atoms. The standard InChI is InChI=1S/2C17H23NO/c2*18-15-3-1-14(2-4-15)16(19)17-8-11-5-12(9-17)7-13(6-11)10-17/h2*1-4,11-13,16,19H,5-10,18H2/t2*11?,12?,13?,16-,17?/m10/s1. The van der Waals surface area contributed by atoms with Gasteiger partial charge in [-0.05, 0) is 148 Å². The molecule has 10 rings (SSSR count). The third-order valence-corrected chi connectivity index (χ3v) is 11.8. The number of rotatable bonds is 4. The van der Waals surface area contributed by atoms with Crippen LogP contribution in [0.25, 0.3) is 0 Å². The van der Waals surface area contributed by atoms with E-state index in [2.05, 4.69) is 0 Å². The maximum Gasteiger partial charge on any atom is 0.0846 e. The molecule has 0 aliphatic heterocycles. The highest BCUT2D eigenvalue weighted by Gasteiger charge is 2.55. The molecule has 6 N–H and O–H groups in total. The van der Waals surface area contributed by atoms with Crippen molar-refractivity contribution in [2.45, 2.75) is 89.3 Å². The third-order valence-electron chi connectivity index (χ3n) is 11.8. The Morgan fingerprint density at radius 1 is 0.474 bits per heavy atom. The summed E-state index contributed by atoms with van der Waals surface area (Å²) in [5.41, 5.74) is 15.5. The Balaban J connectivity index is 0.000000127. The molecule has 0 unspecified atom stereocenters. The molecule has 8 bridgehead atoms. The van der Waals surface area contributed by atoms with Crippen molar-refractivity contribution in [3.8, 4) is 0 Å². The smallest absolute Gasteiger partial charge is 0.0846 e. The second-order valence-electron chi connectivity index (χ2n) is 14.7. The molecule has 0 spiro atoms. The van der Waals surface area contributed by atoms with Gasteiger partial charge in [0.1, 0.15) is 0 Å². The Morgan fingerprint density at radius 3 is 0.947 bits per heavy atom. The molecule has 0 radical (unpaired) electrons. The van der Waals surface area contributed by atoms with E-state index in [9.17, 15) is 10.2 Å². The van der Waals surface area contributed by atoms with Gasteiger partial charge >= 0.3 is 0 Å². The minimum atomic E-state index is -0.290. The summed E-state index contributed by atoms with van der Waals surface area (Å²) in [5.74, 6) is 5.30. The molecular weight excluding hydrogens is 468 g/mol. The van der Waals surface area contributed by atoms with Crippen LogP contribution < -0.4 is 11.5 Å². The van der Waals surface area contributed by atoms with Gasteiger partial charge in [0.2, 0.25) is 0 Å². The Hall–Kier alpha value is -2.04. The molecule has 4 heteroatoms. The molecule has 204 valence electrons. The maximum absolute atomic E-state index is 10.9. The van der Waals surface area contributed by atoms with Crippen molar-refractivity contribution in [1.82, 2.24) is 0 Å². The zero-order valence-corrected chi connectivity index (χ0v) is 22.8. The van der Waals surface area contributed by atoms with Crippen LogP contribution in [0.4, 0.5) is 11.4 Å². The first-order chi connectivity index (χ1) is 18.3. The van der Waals surface area contributed by atoms with Crippen molar-refractivity contribution in [2.75, 3.05) is 11.5 Å². The highest BCUT2D eigenvalue weighted by molar-refractivity contribution is 5.41. The highest BCUT2D eigenvalue weighted by Crippen LogP contribution is 2.65. The number of hydrogen-bond acceptors (Lipinski definition) is 4. The van der Waals surface area contributed by atoms with Crippen LogP contribution in [0.5, 0.6) is 0 Å². The van der Waals surface area contributed by atoms with Gasteiger partial charge < -0.3 is 21.7 Å². The predicted molar refractivity (Wildman–Crippen MR) is 153 cm³/mol. The van der Waals surface area contributed by atoms with Crippen molar-refractivity contribution >= 4 is 11.4 Å². The number of aliphatic hydroxyl groups excluding tert-OH is 2. The van der Waals surface area contributed by atoms with Crippen LogP contribution in [0, 0.1) is 46.3 Å². The van der Waals surface area contributed by atoms with Gasteiger partial charge in [-0.25, -0.2) is 0 Å². The fourth-order valence-electron chi connectivity index (χ4n) is 11.1. The molecule has 8 aliphatic rings. The van der Waals surface area contributed by atoms with E-state index in [1.807, 2.05) is 48.5 Å². The summed E-state index contributed by atoms with van der Waals surface area (Å²) in [6, 6.07) is 15.7. The van der Waals surface area contributed by atoms with E-state index in [0.717, 1.165) is 58.0 Å². The van der Waals surface area contributed by atoms with E-state index >= 15 is 0 Å². The summed E-state index contributed by atoms with van der Waals surface area (Å²) in [7, 11) is 0. The lowest BCUT2D eigenvalue weighted by Gasteiger charge is -2.58. The normalized spacial score (nSPS) is 41.4. The van der Waals surface area contributed by atoms with Gasteiger partial charge in [-0.15, -0.1) is 0 Å². The molecule has 0 saturated heterocycles. The van der Waals surface area contributed by atoms with Gasteiger partial charge in [-0.1, -0.05) is 24.3 Å². The van der Waals surface area contributed by atoms with Crippen LogP contribution in [0.1, 0.15) is 100 Å². The molecule has 2 aromatic carbocycles. The van der Waals surface area contributed by atoms with Gasteiger partial charge in [0.05, 0.1) is 12.2 Å². The minimum Gasteiger partial charge on any atom is -0.399 e. The summed E-state index contributed by atoms with van der Waals surface area (Å²) in [6.07, 6.45) is 15.4. The number of nitrogen functional groups attached to an aromatic ring is 2. The average Bonchev–Trinajstić information content (AvgIpc) is 2.88. The second kappa shape index (κ2) is 9.27. The Labute approximate surface area is 228 Å².